The molecule has 0 spiro atoms. The monoisotopic (exact) mass is 495 g/mol. The standard InChI is InChI=1S/C23H30ClN3O5S/c1-17-8-9-19(16-22(17)33(29,30)27-11-13-31-14-12-27)25-23(28)18(2)26(3)10-15-32-21-7-5-4-6-20(21)24/h4-9,16,18H,10-15H2,1-3H3,(H,25,28). The first-order chi connectivity index (χ1) is 15.7. The van der Waals surface area contributed by atoms with Gasteiger partial charge in [0, 0.05) is 25.3 Å². The number of nitrogens with zero attached hydrogens (tertiary/aromatic N) is 2. The zero-order valence-electron chi connectivity index (χ0n) is 19.1. The van der Waals surface area contributed by atoms with Crippen molar-refractivity contribution in [3.8, 4) is 5.75 Å². The average Bonchev–Trinajstić information content (AvgIpc) is 2.81. The summed E-state index contributed by atoms with van der Waals surface area (Å²) in [7, 11) is -1.84. The van der Waals surface area contributed by atoms with E-state index in [4.69, 9.17) is 21.1 Å². The number of ether oxygens (including phenoxy) is 2. The maximum absolute atomic E-state index is 13.1. The fourth-order valence-electron chi connectivity index (χ4n) is 3.38. The number of carbonyl (C=O) groups excluding carboxylic acids is 1. The van der Waals surface area contributed by atoms with Crippen LogP contribution in [-0.2, 0) is 19.6 Å². The molecule has 180 valence electrons. The first-order valence-electron chi connectivity index (χ1n) is 10.8. The van der Waals surface area contributed by atoms with Crippen molar-refractivity contribution in [3.05, 3.63) is 53.1 Å². The van der Waals surface area contributed by atoms with Crippen molar-refractivity contribution in [2.24, 2.45) is 0 Å². The van der Waals surface area contributed by atoms with Gasteiger partial charge in [0.1, 0.15) is 12.4 Å². The lowest BCUT2D eigenvalue weighted by Crippen LogP contribution is -2.41. The smallest absolute Gasteiger partial charge is 0.243 e. The second kappa shape index (κ2) is 11.3. The van der Waals surface area contributed by atoms with Crippen LogP contribution in [-0.4, -0.2) is 76.1 Å². The molecule has 10 heteroatoms. The minimum atomic E-state index is -3.67. The third-order valence-electron chi connectivity index (χ3n) is 5.62. The minimum Gasteiger partial charge on any atom is -0.491 e. The van der Waals surface area contributed by atoms with Crippen LogP contribution in [0.3, 0.4) is 0 Å². The van der Waals surface area contributed by atoms with Crippen LogP contribution >= 0.6 is 11.6 Å². The summed E-state index contributed by atoms with van der Waals surface area (Å²) >= 11 is 6.09. The highest BCUT2D eigenvalue weighted by atomic mass is 35.5. The number of amides is 1. The summed E-state index contributed by atoms with van der Waals surface area (Å²) in [6.07, 6.45) is 0. The van der Waals surface area contributed by atoms with Gasteiger partial charge in [0.25, 0.3) is 0 Å². The van der Waals surface area contributed by atoms with Gasteiger partial charge in [-0.2, -0.15) is 4.31 Å². The summed E-state index contributed by atoms with van der Waals surface area (Å²) in [5, 5.41) is 3.37. The van der Waals surface area contributed by atoms with E-state index in [0.717, 1.165) is 0 Å². The largest absolute Gasteiger partial charge is 0.491 e. The topological polar surface area (TPSA) is 88.2 Å². The van der Waals surface area contributed by atoms with Crippen LogP contribution in [0.1, 0.15) is 12.5 Å². The second-order valence-corrected chi connectivity index (χ2v) is 10.2. The molecular weight excluding hydrogens is 466 g/mol. The van der Waals surface area contributed by atoms with Gasteiger partial charge in [-0.15, -0.1) is 0 Å². The number of benzene rings is 2. The molecule has 0 radical (unpaired) electrons. The highest BCUT2D eigenvalue weighted by Crippen LogP contribution is 2.25. The van der Waals surface area contributed by atoms with Crippen LogP contribution in [0.4, 0.5) is 5.69 Å². The number of sulfonamides is 1. The van der Waals surface area contributed by atoms with E-state index < -0.39 is 16.1 Å². The molecule has 3 rings (SSSR count). The van der Waals surface area contributed by atoms with Gasteiger partial charge in [-0.3, -0.25) is 9.69 Å². The molecule has 1 aliphatic heterocycles. The molecule has 1 amide bonds. The van der Waals surface area contributed by atoms with Crippen LogP contribution in [0.15, 0.2) is 47.4 Å². The maximum Gasteiger partial charge on any atom is 0.243 e. The molecule has 1 heterocycles. The van der Waals surface area contributed by atoms with Crippen molar-refractivity contribution in [3.63, 3.8) is 0 Å². The van der Waals surface area contributed by atoms with Crippen LogP contribution in [0.2, 0.25) is 5.02 Å². The van der Waals surface area contributed by atoms with Gasteiger partial charge >= 0.3 is 0 Å². The molecule has 1 aliphatic rings. The summed E-state index contributed by atoms with van der Waals surface area (Å²) in [5.74, 6) is 0.354. The Kier molecular flexibility index (Phi) is 8.72. The summed E-state index contributed by atoms with van der Waals surface area (Å²) in [5.41, 5.74) is 1.06. The lowest BCUT2D eigenvalue weighted by Gasteiger charge is -2.27. The second-order valence-electron chi connectivity index (χ2n) is 7.92. The molecule has 1 saturated heterocycles. The van der Waals surface area contributed by atoms with E-state index in [-0.39, 0.29) is 10.8 Å². The molecule has 0 bridgehead atoms. The molecule has 0 aliphatic carbocycles. The number of hydrogen-bond donors (Lipinski definition) is 1. The number of anilines is 1. The number of nitrogens with one attached hydrogen (secondary N) is 1. The van der Waals surface area contributed by atoms with Crippen molar-refractivity contribution in [2.45, 2.75) is 24.8 Å². The lowest BCUT2D eigenvalue weighted by atomic mass is 10.2. The Morgan fingerprint density at radius 2 is 1.94 bits per heavy atom. The van der Waals surface area contributed by atoms with Crippen molar-refractivity contribution < 1.29 is 22.7 Å². The van der Waals surface area contributed by atoms with Gasteiger partial charge in [-0.25, -0.2) is 8.42 Å². The summed E-state index contributed by atoms with van der Waals surface area (Å²) in [6, 6.07) is 11.7. The molecule has 0 saturated carbocycles. The van der Waals surface area contributed by atoms with Crippen LogP contribution in [0.25, 0.3) is 0 Å². The van der Waals surface area contributed by atoms with Crippen LogP contribution in [0, 0.1) is 6.92 Å². The third kappa shape index (κ3) is 6.45. The number of aryl methyl sites for hydroxylation is 1. The van der Waals surface area contributed by atoms with E-state index in [1.165, 1.54) is 10.4 Å². The fraction of sp³-hybridized carbons (Fsp3) is 0.435. The summed E-state index contributed by atoms with van der Waals surface area (Å²) < 4.78 is 38.5. The summed E-state index contributed by atoms with van der Waals surface area (Å²) in [6.45, 7) is 5.78. The number of carbonyl (C=O) groups is 1. The first kappa shape index (κ1) is 25.5. The van der Waals surface area contributed by atoms with E-state index >= 15 is 0 Å². The van der Waals surface area contributed by atoms with Crippen LogP contribution in [0.5, 0.6) is 5.75 Å². The third-order valence-corrected chi connectivity index (χ3v) is 7.98. The van der Waals surface area contributed by atoms with Gasteiger partial charge in [0.05, 0.1) is 29.2 Å². The maximum atomic E-state index is 13.1. The van der Waals surface area contributed by atoms with Gasteiger partial charge in [-0.05, 0) is 50.7 Å². The Hall–Kier alpha value is -2.17. The Balaban J connectivity index is 1.61. The van der Waals surface area contributed by atoms with E-state index in [0.29, 0.717) is 61.5 Å². The van der Waals surface area contributed by atoms with E-state index in [2.05, 4.69) is 5.32 Å². The minimum absolute atomic E-state index is 0.191. The van der Waals surface area contributed by atoms with Gasteiger partial charge < -0.3 is 14.8 Å². The number of hydrogen-bond acceptors (Lipinski definition) is 6. The zero-order valence-corrected chi connectivity index (χ0v) is 20.7. The van der Waals surface area contributed by atoms with Crippen molar-refractivity contribution in [1.29, 1.82) is 0 Å². The predicted octanol–water partition coefficient (Wildman–Crippen LogP) is 3.01. The van der Waals surface area contributed by atoms with E-state index in [1.807, 2.05) is 24.1 Å². The molecule has 1 fully saturated rings. The number of morpholine rings is 1. The SMILES string of the molecule is Cc1ccc(NC(=O)C(C)N(C)CCOc2ccccc2Cl)cc1S(=O)(=O)N1CCOCC1. The predicted molar refractivity (Wildman–Crippen MR) is 128 cm³/mol. The van der Waals surface area contributed by atoms with E-state index in [9.17, 15) is 13.2 Å². The number of likely N-dealkylation sites (N-methyl/N-ethyl adjacent to an activating group) is 1. The Labute approximate surface area is 200 Å². The molecule has 1 atom stereocenters. The first-order valence-corrected chi connectivity index (χ1v) is 12.6. The quantitative estimate of drug-likeness (QED) is 0.575. The Morgan fingerprint density at radius 3 is 2.64 bits per heavy atom. The van der Waals surface area contributed by atoms with E-state index in [1.54, 1.807) is 38.1 Å². The highest BCUT2D eigenvalue weighted by Gasteiger charge is 2.28. The number of halogens is 1. The number of para-hydroxylation sites is 1. The molecule has 2 aromatic rings. The van der Waals surface area contributed by atoms with Crippen molar-refractivity contribution >= 4 is 33.2 Å². The molecule has 1 N–H and O–H groups in total. The lowest BCUT2D eigenvalue weighted by molar-refractivity contribution is -0.120. The molecule has 2 aromatic carbocycles. The van der Waals surface area contributed by atoms with Gasteiger partial charge in [-0.1, -0.05) is 29.8 Å². The molecule has 8 nitrogen and oxygen atoms in total. The Bertz CT molecular complexity index is 1070. The molecule has 33 heavy (non-hydrogen) atoms. The highest BCUT2D eigenvalue weighted by molar-refractivity contribution is 7.89. The number of rotatable bonds is 9. The molecule has 1 unspecified atom stereocenters. The van der Waals surface area contributed by atoms with Gasteiger partial charge in [0.15, 0.2) is 0 Å². The summed E-state index contributed by atoms with van der Waals surface area (Å²) in [4.78, 5) is 14.8. The molecule has 0 aromatic heterocycles. The molecular formula is C23H30ClN3O5S. The normalized spacial score (nSPS) is 15.9. The zero-order chi connectivity index (χ0) is 24.0. The van der Waals surface area contributed by atoms with Gasteiger partial charge in [0.2, 0.25) is 15.9 Å². The van der Waals surface area contributed by atoms with Crippen LogP contribution < -0.4 is 10.1 Å². The van der Waals surface area contributed by atoms with Crippen molar-refractivity contribution in [1.82, 2.24) is 9.21 Å². The fourth-order valence-corrected chi connectivity index (χ4v) is 5.23. The van der Waals surface area contributed by atoms with Crippen molar-refractivity contribution in [2.75, 3.05) is 51.8 Å². The average molecular weight is 496 g/mol. The Morgan fingerprint density at radius 1 is 1.24 bits per heavy atom.